The maximum atomic E-state index is 12.0. The molecule has 0 spiro atoms. The van der Waals surface area contributed by atoms with E-state index >= 15 is 0 Å². The summed E-state index contributed by atoms with van der Waals surface area (Å²) in [5, 5.41) is 8.96. The third-order valence-corrected chi connectivity index (χ3v) is 3.38. The van der Waals surface area contributed by atoms with Crippen LogP contribution in [0.1, 0.15) is 17.7 Å². The van der Waals surface area contributed by atoms with E-state index in [0.29, 0.717) is 23.1 Å². The quantitative estimate of drug-likeness (QED) is 0.753. The number of rotatable bonds is 8. The van der Waals surface area contributed by atoms with Gasteiger partial charge in [0.1, 0.15) is 5.76 Å². The van der Waals surface area contributed by atoms with Crippen LogP contribution in [-0.2, 0) is 16.0 Å². The predicted molar refractivity (Wildman–Crippen MR) is 90.7 cm³/mol. The Morgan fingerprint density at radius 1 is 1.12 bits per heavy atom. The second kappa shape index (κ2) is 8.72. The number of aromatic nitrogens is 1. The lowest BCUT2D eigenvalue weighted by molar-refractivity contribution is -0.120. The van der Waals surface area contributed by atoms with Gasteiger partial charge in [0, 0.05) is 19.0 Å². The van der Waals surface area contributed by atoms with E-state index < -0.39 is 0 Å². The van der Waals surface area contributed by atoms with Crippen LogP contribution in [0.4, 0.5) is 5.82 Å². The van der Waals surface area contributed by atoms with E-state index in [1.165, 1.54) is 7.11 Å². The van der Waals surface area contributed by atoms with Crippen molar-refractivity contribution in [2.24, 2.45) is 0 Å². The van der Waals surface area contributed by atoms with Crippen molar-refractivity contribution in [3.8, 4) is 11.5 Å². The molecule has 8 heteroatoms. The van der Waals surface area contributed by atoms with Gasteiger partial charge in [0.25, 0.3) is 0 Å². The highest BCUT2D eigenvalue weighted by Crippen LogP contribution is 2.27. The van der Waals surface area contributed by atoms with E-state index in [4.69, 9.17) is 14.0 Å². The van der Waals surface area contributed by atoms with Crippen LogP contribution in [0, 0.1) is 6.92 Å². The Hall–Kier alpha value is -3.03. The smallest absolute Gasteiger partial charge is 0.227 e. The number of methoxy groups -OCH3 is 2. The van der Waals surface area contributed by atoms with Crippen molar-refractivity contribution < 1.29 is 23.6 Å². The highest BCUT2D eigenvalue weighted by atomic mass is 16.5. The molecule has 1 aromatic carbocycles. The largest absolute Gasteiger partial charge is 0.493 e. The summed E-state index contributed by atoms with van der Waals surface area (Å²) in [5.41, 5.74) is 0.790. The first kappa shape index (κ1) is 18.3. The number of carbonyl (C=O) groups is 2. The summed E-state index contributed by atoms with van der Waals surface area (Å²) >= 11 is 0. The average Bonchev–Trinajstić information content (AvgIpc) is 2.99. The summed E-state index contributed by atoms with van der Waals surface area (Å²) in [4.78, 5) is 23.7. The molecule has 0 unspecified atom stereocenters. The minimum absolute atomic E-state index is 0.142. The van der Waals surface area contributed by atoms with Gasteiger partial charge in [-0.1, -0.05) is 11.2 Å². The van der Waals surface area contributed by atoms with Gasteiger partial charge in [-0.3, -0.25) is 9.59 Å². The van der Waals surface area contributed by atoms with E-state index in [9.17, 15) is 9.59 Å². The van der Waals surface area contributed by atoms with Crippen LogP contribution in [0.25, 0.3) is 0 Å². The van der Waals surface area contributed by atoms with Crippen LogP contribution >= 0.6 is 0 Å². The molecule has 0 atom stereocenters. The number of aryl methyl sites for hydroxylation is 1. The van der Waals surface area contributed by atoms with E-state index in [-0.39, 0.29) is 31.2 Å². The van der Waals surface area contributed by atoms with Gasteiger partial charge in [-0.2, -0.15) is 0 Å². The zero-order chi connectivity index (χ0) is 18.2. The fourth-order valence-electron chi connectivity index (χ4n) is 2.18. The molecule has 0 saturated carbocycles. The van der Waals surface area contributed by atoms with Gasteiger partial charge in [-0.15, -0.1) is 0 Å². The zero-order valence-corrected chi connectivity index (χ0v) is 14.4. The second-order valence-corrected chi connectivity index (χ2v) is 5.34. The Labute approximate surface area is 145 Å². The minimum atomic E-state index is -0.250. The maximum absolute atomic E-state index is 12.0. The molecule has 1 heterocycles. The summed E-state index contributed by atoms with van der Waals surface area (Å²) in [6, 6.07) is 6.90. The molecule has 0 radical (unpaired) electrons. The van der Waals surface area contributed by atoms with Crippen molar-refractivity contribution in [1.29, 1.82) is 0 Å². The van der Waals surface area contributed by atoms with Gasteiger partial charge in [0.2, 0.25) is 11.8 Å². The first-order valence-corrected chi connectivity index (χ1v) is 7.72. The highest BCUT2D eigenvalue weighted by Gasteiger charge is 2.10. The Morgan fingerprint density at radius 3 is 2.52 bits per heavy atom. The van der Waals surface area contributed by atoms with Crippen LogP contribution in [0.3, 0.4) is 0 Å². The fourth-order valence-corrected chi connectivity index (χ4v) is 2.18. The van der Waals surface area contributed by atoms with Gasteiger partial charge >= 0.3 is 0 Å². The summed E-state index contributed by atoms with van der Waals surface area (Å²) in [7, 11) is 3.09. The summed E-state index contributed by atoms with van der Waals surface area (Å²) < 4.78 is 15.2. The van der Waals surface area contributed by atoms with Crippen molar-refractivity contribution in [3.05, 3.63) is 35.6 Å². The van der Waals surface area contributed by atoms with Crippen LogP contribution in [0.15, 0.2) is 28.8 Å². The molecule has 2 N–H and O–H groups in total. The Kier molecular flexibility index (Phi) is 6.39. The molecule has 0 saturated heterocycles. The first-order chi connectivity index (χ1) is 12.0. The third-order valence-electron chi connectivity index (χ3n) is 3.38. The lowest BCUT2D eigenvalue weighted by Gasteiger charge is -2.10. The number of benzene rings is 1. The Bertz CT molecular complexity index is 742. The molecule has 1 aromatic heterocycles. The monoisotopic (exact) mass is 347 g/mol. The van der Waals surface area contributed by atoms with E-state index in [1.54, 1.807) is 38.3 Å². The van der Waals surface area contributed by atoms with Crippen LogP contribution < -0.4 is 20.1 Å². The van der Waals surface area contributed by atoms with Gasteiger partial charge in [0.05, 0.1) is 20.6 Å². The van der Waals surface area contributed by atoms with E-state index in [1.807, 2.05) is 0 Å². The molecule has 2 aromatic rings. The van der Waals surface area contributed by atoms with E-state index in [0.717, 1.165) is 5.56 Å². The molecule has 25 heavy (non-hydrogen) atoms. The molecule has 0 aliphatic carbocycles. The summed E-state index contributed by atoms with van der Waals surface area (Å²) in [6.45, 7) is 1.96. The maximum Gasteiger partial charge on any atom is 0.227 e. The number of carbonyl (C=O) groups excluding carboxylic acids is 2. The topological polar surface area (TPSA) is 103 Å². The van der Waals surface area contributed by atoms with Crippen LogP contribution in [0.5, 0.6) is 11.5 Å². The molecule has 0 bridgehead atoms. The van der Waals surface area contributed by atoms with Crippen molar-refractivity contribution in [3.63, 3.8) is 0 Å². The number of hydrogen-bond acceptors (Lipinski definition) is 6. The van der Waals surface area contributed by atoms with Crippen molar-refractivity contribution in [2.45, 2.75) is 19.8 Å². The minimum Gasteiger partial charge on any atom is -0.493 e. The zero-order valence-electron chi connectivity index (χ0n) is 14.4. The fraction of sp³-hybridized carbons (Fsp3) is 0.353. The van der Waals surface area contributed by atoms with Gasteiger partial charge in [-0.05, 0) is 24.6 Å². The Balaban J connectivity index is 1.76. The lowest BCUT2D eigenvalue weighted by atomic mass is 10.1. The molecule has 0 fully saturated rings. The SMILES string of the molecule is COc1ccc(CC(=O)NCCC(=O)Nc2cc(C)on2)cc1OC. The normalized spacial score (nSPS) is 10.2. The second-order valence-electron chi connectivity index (χ2n) is 5.34. The average molecular weight is 347 g/mol. The molecule has 0 aliphatic heterocycles. The molecular weight excluding hydrogens is 326 g/mol. The molecule has 2 rings (SSSR count). The predicted octanol–water partition coefficient (Wildman–Crippen LogP) is 1.69. The van der Waals surface area contributed by atoms with Crippen molar-refractivity contribution in [1.82, 2.24) is 10.5 Å². The number of amides is 2. The number of hydrogen-bond donors (Lipinski definition) is 2. The lowest BCUT2D eigenvalue weighted by Crippen LogP contribution is -2.28. The van der Waals surface area contributed by atoms with Gasteiger partial charge in [0.15, 0.2) is 17.3 Å². The van der Waals surface area contributed by atoms with Crippen LogP contribution in [-0.4, -0.2) is 37.7 Å². The molecule has 134 valence electrons. The third kappa shape index (κ3) is 5.52. The molecule has 2 amide bonds. The number of anilines is 1. The van der Waals surface area contributed by atoms with E-state index in [2.05, 4.69) is 15.8 Å². The molecule has 8 nitrogen and oxygen atoms in total. The van der Waals surface area contributed by atoms with Gasteiger partial charge < -0.3 is 24.6 Å². The standard InChI is InChI=1S/C17H21N3O5/c1-11-8-15(20-25-11)19-16(21)6-7-18-17(22)10-12-4-5-13(23-2)14(9-12)24-3/h4-5,8-9H,6-7,10H2,1-3H3,(H,18,22)(H,19,20,21). The molecule has 0 aliphatic rings. The molecular formula is C17H21N3O5. The number of nitrogens with zero attached hydrogens (tertiary/aromatic N) is 1. The number of ether oxygens (including phenoxy) is 2. The summed E-state index contributed by atoms with van der Waals surface area (Å²) in [6.07, 6.45) is 0.327. The van der Waals surface area contributed by atoms with Crippen molar-refractivity contribution in [2.75, 3.05) is 26.1 Å². The Morgan fingerprint density at radius 2 is 1.88 bits per heavy atom. The van der Waals surface area contributed by atoms with Crippen molar-refractivity contribution >= 4 is 17.6 Å². The highest BCUT2D eigenvalue weighted by molar-refractivity contribution is 5.90. The first-order valence-electron chi connectivity index (χ1n) is 7.72. The van der Waals surface area contributed by atoms with Crippen LogP contribution in [0.2, 0.25) is 0 Å². The van der Waals surface area contributed by atoms with Gasteiger partial charge in [-0.25, -0.2) is 0 Å². The summed E-state index contributed by atoms with van der Waals surface area (Å²) in [5.74, 6) is 1.70. The number of nitrogens with one attached hydrogen (secondary N) is 2.